The van der Waals surface area contributed by atoms with Crippen LogP contribution in [0.5, 0.6) is 5.75 Å². The lowest BCUT2D eigenvalue weighted by Gasteiger charge is -2.34. The number of methoxy groups -OCH3 is 1. The van der Waals surface area contributed by atoms with Crippen LogP contribution >= 0.6 is 11.8 Å². The molecule has 35 heavy (non-hydrogen) atoms. The zero-order chi connectivity index (χ0) is 24.2. The smallest absolute Gasteiger partial charge is 0.289 e. The largest absolute Gasteiger partial charge is 0.495 e. The summed E-state index contributed by atoms with van der Waals surface area (Å²) < 4.78 is 18.1. The number of amides is 2. The number of hydrogen-bond donors (Lipinski definition) is 0. The average Bonchev–Trinajstić information content (AvgIpc) is 3.68. The maximum Gasteiger partial charge on any atom is 0.289 e. The fourth-order valence-electron chi connectivity index (χ4n) is 3.89. The summed E-state index contributed by atoms with van der Waals surface area (Å²) in [6, 6.07) is 14.4. The highest BCUT2D eigenvalue weighted by Crippen LogP contribution is 2.32. The molecule has 1 aliphatic rings. The maximum atomic E-state index is 13.0. The summed E-state index contributed by atoms with van der Waals surface area (Å²) in [6.45, 7) is 1.83. The molecule has 0 bridgehead atoms. The van der Waals surface area contributed by atoms with Gasteiger partial charge < -0.3 is 23.4 Å². The van der Waals surface area contributed by atoms with Crippen LogP contribution in [0, 0.1) is 0 Å². The van der Waals surface area contributed by atoms with Crippen molar-refractivity contribution in [3.05, 3.63) is 66.8 Å². The summed E-state index contributed by atoms with van der Waals surface area (Å²) in [5.41, 5.74) is 0.742. The predicted molar refractivity (Wildman–Crippen MR) is 128 cm³/mol. The molecule has 0 aliphatic carbocycles. The van der Waals surface area contributed by atoms with Crippen LogP contribution in [-0.2, 0) is 4.79 Å². The van der Waals surface area contributed by atoms with Gasteiger partial charge in [0.1, 0.15) is 5.75 Å². The molecular weight excluding hydrogens is 470 g/mol. The fraction of sp³-hybridized carbons (Fsp3) is 0.250. The van der Waals surface area contributed by atoms with Crippen LogP contribution in [-0.4, -0.2) is 75.4 Å². The van der Waals surface area contributed by atoms with Crippen LogP contribution in [0.2, 0.25) is 0 Å². The van der Waals surface area contributed by atoms with Crippen molar-refractivity contribution in [1.82, 2.24) is 24.6 Å². The van der Waals surface area contributed by atoms with Gasteiger partial charge in [0.15, 0.2) is 16.7 Å². The first-order chi connectivity index (χ1) is 17.2. The van der Waals surface area contributed by atoms with Gasteiger partial charge in [0.05, 0.1) is 31.1 Å². The van der Waals surface area contributed by atoms with Crippen LogP contribution in [0.3, 0.4) is 0 Å². The predicted octanol–water partition coefficient (Wildman–Crippen LogP) is 3.21. The number of thioether (sulfide) groups is 1. The Labute approximate surface area is 205 Å². The van der Waals surface area contributed by atoms with Gasteiger partial charge in [0.2, 0.25) is 11.7 Å². The molecule has 4 aromatic rings. The third-order valence-electron chi connectivity index (χ3n) is 5.68. The molecule has 1 aromatic carbocycles. The minimum atomic E-state index is -0.160. The van der Waals surface area contributed by atoms with E-state index >= 15 is 0 Å². The number of benzene rings is 1. The zero-order valence-corrected chi connectivity index (χ0v) is 19.8. The van der Waals surface area contributed by atoms with Crippen molar-refractivity contribution >= 4 is 23.6 Å². The van der Waals surface area contributed by atoms with Gasteiger partial charge >= 0.3 is 0 Å². The quantitative estimate of drug-likeness (QED) is 0.361. The van der Waals surface area contributed by atoms with Gasteiger partial charge in [-0.3, -0.25) is 14.2 Å². The molecule has 180 valence electrons. The molecule has 11 heteroatoms. The molecule has 1 fully saturated rings. The number of para-hydroxylation sites is 2. The molecular formula is C24H23N5O5S. The van der Waals surface area contributed by atoms with Gasteiger partial charge in [0.25, 0.3) is 5.91 Å². The first-order valence-electron chi connectivity index (χ1n) is 11.0. The van der Waals surface area contributed by atoms with Gasteiger partial charge in [-0.1, -0.05) is 23.9 Å². The first-order valence-corrected chi connectivity index (χ1v) is 12.0. The van der Waals surface area contributed by atoms with E-state index in [9.17, 15) is 9.59 Å². The van der Waals surface area contributed by atoms with Crippen LogP contribution in [0.1, 0.15) is 10.6 Å². The molecule has 1 saturated heterocycles. The average molecular weight is 494 g/mol. The number of hydrogen-bond acceptors (Lipinski definition) is 8. The summed E-state index contributed by atoms with van der Waals surface area (Å²) in [7, 11) is 1.60. The van der Waals surface area contributed by atoms with E-state index in [-0.39, 0.29) is 17.6 Å². The van der Waals surface area contributed by atoms with Crippen molar-refractivity contribution in [1.29, 1.82) is 0 Å². The second-order valence-electron chi connectivity index (χ2n) is 7.73. The number of rotatable bonds is 7. The molecule has 0 spiro atoms. The molecule has 5 rings (SSSR count). The number of furan rings is 2. The lowest BCUT2D eigenvalue weighted by Crippen LogP contribution is -2.51. The van der Waals surface area contributed by atoms with E-state index < -0.39 is 0 Å². The molecule has 1 aliphatic heterocycles. The van der Waals surface area contributed by atoms with Crippen LogP contribution in [0.25, 0.3) is 17.3 Å². The number of nitrogens with zero attached hydrogens (tertiary/aromatic N) is 5. The topological polar surface area (TPSA) is 107 Å². The third kappa shape index (κ3) is 4.67. The second-order valence-corrected chi connectivity index (χ2v) is 8.67. The molecule has 0 unspecified atom stereocenters. The van der Waals surface area contributed by atoms with E-state index in [1.807, 2.05) is 28.8 Å². The van der Waals surface area contributed by atoms with Gasteiger partial charge in [-0.2, -0.15) is 0 Å². The Morgan fingerprint density at radius 3 is 2.40 bits per heavy atom. The first kappa shape index (κ1) is 22.8. The number of piperazine rings is 1. The molecule has 2 amide bonds. The highest BCUT2D eigenvalue weighted by molar-refractivity contribution is 7.99. The van der Waals surface area contributed by atoms with Crippen LogP contribution in [0.15, 0.2) is 75.0 Å². The minimum absolute atomic E-state index is 0.0331. The Morgan fingerprint density at radius 2 is 1.69 bits per heavy atom. The molecule has 10 nitrogen and oxygen atoms in total. The monoisotopic (exact) mass is 493 g/mol. The van der Waals surface area contributed by atoms with Crippen molar-refractivity contribution in [2.75, 3.05) is 39.0 Å². The van der Waals surface area contributed by atoms with Crippen LogP contribution < -0.4 is 4.74 Å². The van der Waals surface area contributed by atoms with E-state index in [1.165, 1.54) is 18.0 Å². The lowest BCUT2D eigenvalue weighted by atomic mass is 10.3. The highest BCUT2D eigenvalue weighted by Gasteiger charge is 2.27. The van der Waals surface area contributed by atoms with E-state index in [0.29, 0.717) is 54.4 Å². The number of ether oxygens (including phenoxy) is 1. The standard InChI is InChI=1S/C24H23N5O5S/c1-32-18-7-3-2-6-17(18)29-22(19-8-4-14-33-19)25-26-24(29)35-16-21(30)27-10-12-28(13-11-27)23(31)20-9-5-15-34-20/h2-9,14-15H,10-13,16H2,1H3. The number of carbonyl (C=O) groups excluding carboxylic acids is 2. The maximum absolute atomic E-state index is 13.0. The molecule has 0 atom stereocenters. The highest BCUT2D eigenvalue weighted by atomic mass is 32.2. The Hall–Kier alpha value is -3.99. The van der Waals surface area contributed by atoms with Gasteiger partial charge in [-0.25, -0.2) is 0 Å². The van der Waals surface area contributed by atoms with E-state index in [0.717, 1.165) is 5.69 Å². The Morgan fingerprint density at radius 1 is 0.943 bits per heavy atom. The van der Waals surface area contributed by atoms with Gasteiger partial charge in [-0.15, -0.1) is 10.2 Å². The molecule has 0 saturated carbocycles. The third-order valence-corrected chi connectivity index (χ3v) is 6.59. The van der Waals surface area contributed by atoms with Gasteiger partial charge in [-0.05, 0) is 36.4 Å². The zero-order valence-electron chi connectivity index (χ0n) is 19.0. The van der Waals surface area contributed by atoms with Crippen molar-refractivity contribution < 1.29 is 23.2 Å². The van der Waals surface area contributed by atoms with E-state index in [2.05, 4.69) is 10.2 Å². The fourth-order valence-corrected chi connectivity index (χ4v) is 4.74. The Kier molecular flexibility index (Phi) is 6.57. The van der Waals surface area contributed by atoms with Crippen molar-refractivity contribution in [3.8, 4) is 23.0 Å². The lowest BCUT2D eigenvalue weighted by molar-refractivity contribution is -0.129. The van der Waals surface area contributed by atoms with E-state index in [4.69, 9.17) is 13.6 Å². The Balaban J connectivity index is 1.29. The minimum Gasteiger partial charge on any atom is -0.495 e. The van der Waals surface area contributed by atoms with Crippen molar-refractivity contribution in [3.63, 3.8) is 0 Å². The number of carbonyl (C=O) groups is 2. The summed E-state index contributed by atoms with van der Waals surface area (Å²) in [5, 5.41) is 9.19. The summed E-state index contributed by atoms with van der Waals surface area (Å²) >= 11 is 1.29. The summed E-state index contributed by atoms with van der Waals surface area (Å²) in [5.74, 6) is 2.01. The summed E-state index contributed by atoms with van der Waals surface area (Å²) in [4.78, 5) is 28.9. The van der Waals surface area contributed by atoms with Gasteiger partial charge in [0, 0.05) is 26.2 Å². The molecule has 3 aromatic heterocycles. The van der Waals surface area contributed by atoms with Crippen molar-refractivity contribution in [2.24, 2.45) is 0 Å². The summed E-state index contributed by atoms with van der Waals surface area (Å²) in [6.07, 6.45) is 3.05. The normalized spacial score (nSPS) is 13.7. The molecule has 4 heterocycles. The van der Waals surface area contributed by atoms with Crippen molar-refractivity contribution in [2.45, 2.75) is 5.16 Å². The Bertz CT molecular complexity index is 1290. The number of aromatic nitrogens is 3. The second kappa shape index (κ2) is 10.1. The van der Waals surface area contributed by atoms with E-state index in [1.54, 1.807) is 47.4 Å². The molecule has 0 radical (unpaired) electrons. The SMILES string of the molecule is COc1ccccc1-n1c(SCC(=O)N2CCN(C(=O)c3ccco3)CC2)nnc1-c1ccco1. The molecule has 0 N–H and O–H groups in total. The van der Waals surface area contributed by atoms with Crippen LogP contribution in [0.4, 0.5) is 0 Å².